The van der Waals surface area contributed by atoms with E-state index in [1.165, 1.54) is 0 Å². The van der Waals surface area contributed by atoms with Crippen molar-refractivity contribution in [2.75, 3.05) is 24.5 Å². The van der Waals surface area contributed by atoms with Crippen molar-refractivity contribution in [3.8, 4) is 0 Å². The number of fused-ring (bicyclic) bond motifs is 1. The summed E-state index contributed by atoms with van der Waals surface area (Å²) in [6, 6.07) is 0. The normalized spacial score (nSPS) is 26.5. The average molecular weight is 260 g/mol. The van der Waals surface area contributed by atoms with Crippen LogP contribution in [0.15, 0.2) is 12.4 Å². The van der Waals surface area contributed by atoms with Gasteiger partial charge in [0, 0.05) is 38.4 Å². The fourth-order valence-corrected chi connectivity index (χ4v) is 2.91. The second-order valence-electron chi connectivity index (χ2n) is 5.90. The molecule has 0 aromatic carbocycles. The summed E-state index contributed by atoms with van der Waals surface area (Å²) in [5.41, 5.74) is 1.16. The number of aromatic nitrogens is 2. The van der Waals surface area contributed by atoms with E-state index in [1.54, 1.807) is 0 Å². The minimum absolute atomic E-state index is 0.180. The molecule has 0 bridgehead atoms. The Morgan fingerprint density at radius 2 is 1.95 bits per heavy atom. The van der Waals surface area contributed by atoms with Crippen LogP contribution >= 0.6 is 0 Å². The van der Waals surface area contributed by atoms with Crippen molar-refractivity contribution in [3.05, 3.63) is 18.0 Å². The van der Waals surface area contributed by atoms with Crippen molar-refractivity contribution in [3.63, 3.8) is 0 Å². The molecular weight excluding hydrogens is 240 g/mol. The lowest BCUT2D eigenvalue weighted by molar-refractivity contribution is -0.124. The number of nitrogens with zero attached hydrogens (tertiary/aromatic N) is 3. The summed E-state index contributed by atoms with van der Waals surface area (Å²) in [5.74, 6) is 2.44. The molecule has 102 valence electrons. The maximum atomic E-state index is 11.4. The van der Waals surface area contributed by atoms with Gasteiger partial charge in [-0.15, -0.1) is 0 Å². The van der Waals surface area contributed by atoms with Gasteiger partial charge in [-0.3, -0.25) is 4.79 Å². The molecule has 0 aliphatic carbocycles. The van der Waals surface area contributed by atoms with Crippen LogP contribution in [0.4, 0.5) is 5.95 Å². The smallest absolute Gasteiger partial charge is 0.225 e. The van der Waals surface area contributed by atoms with Crippen molar-refractivity contribution in [1.29, 1.82) is 0 Å². The molecule has 1 amide bonds. The number of hydrogen-bond acceptors (Lipinski definition) is 4. The van der Waals surface area contributed by atoms with E-state index in [1.807, 2.05) is 12.4 Å². The van der Waals surface area contributed by atoms with Crippen molar-refractivity contribution < 1.29 is 4.79 Å². The third-order valence-electron chi connectivity index (χ3n) is 4.19. The highest BCUT2D eigenvalue weighted by Crippen LogP contribution is 2.30. The van der Waals surface area contributed by atoms with Crippen molar-refractivity contribution in [2.24, 2.45) is 11.8 Å². The van der Waals surface area contributed by atoms with Crippen molar-refractivity contribution in [2.45, 2.75) is 26.2 Å². The van der Waals surface area contributed by atoms with Gasteiger partial charge in [0.15, 0.2) is 0 Å². The Morgan fingerprint density at radius 1 is 1.26 bits per heavy atom. The fourth-order valence-electron chi connectivity index (χ4n) is 2.91. The van der Waals surface area contributed by atoms with Gasteiger partial charge in [0.05, 0.1) is 0 Å². The number of carbonyl (C=O) groups excluding carboxylic acids is 1. The van der Waals surface area contributed by atoms with Gasteiger partial charge in [-0.25, -0.2) is 9.97 Å². The van der Waals surface area contributed by atoms with Gasteiger partial charge in [-0.05, 0) is 23.3 Å². The van der Waals surface area contributed by atoms with E-state index in [0.717, 1.165) is 31.1 Å². The maximum absolute atomic E-state index is 11.4. The maximum Gasteiger partial charge on any atom is 0.225 e. The number of piperidine rings is 1. The summed E-state index contributed by atoms with van der Waals surface area (Å²) in [5, 5.41) is 2.94. The first-order valence-corrected chi connectivity index (χ1v) is 6.97. The summed E-state index contributed by atoms with van der Waals surface area (Å²) >= 11 is 0. The number of hydrogen-bond donors (Lipinski definition) is 1. The zero-order valence-electron chi connectivity index (χ0n) is 11.5. The molecule has 5 nitrogen and oxygen atoms in total. The molecular formula is C14H20N4O. The van der Waals surface area contributed by atoms with Crippen LogP contribution < -0.4 is 10.2 Å². The number of amides is 1. The lowest BCUT2D eigenvalue weighted by atomic mass is 9.89. The van der Waals surface area contributed by atoms with Crippen LogP contribution in [0.5, 0.6) is 0 Å². The third-order valence-corrected chi connectivity index (χ3v) is 4.19. The molecule has 2 aliphatic heterocycles. The summed E-state index contributed by atoms with van der Waals surface area (Å²) in [7, 11) is 0. The Morgan fingerprint density at radius 3 is 2.63 bits per heavy atom. The van der Waals surface area contributed by atoms with Crippen LogP contribution in [0.1, 0.15) is 31.7 Å². The first kappa shape index (κ1) is 12.4. The second kappa shape index (κ2) is 4.79. The molecule has 1 aromatic rings. The van der Waals surface area contributed by atoms with Crippen LogP contribution in [-0.2, 0) is 4.79 Å². The lowest BCUT2D eigenvalue weighted by Gasteiger charge is -2.23. The zero-order valence-corrected chi connectivity index (χ0v) is 11.5. The zero-order chi connectivity index (χ0) is 13.4. The molecule has 2 aliphatic rings. The molecule has 1 aromatic heterocycles. The molecule has 3 rings (SSSR count). The van der Waals surface area contributed by atoms with Gasteiger partial charge >= 0.3 is 0 Å². The quantitative estimate of drug-likeness (QED) is 0.867. The molecule has 1 N–H and O–H groups in total. The molecule has 5 heteroatoms. The van der Waals surface area contributed by atoms with Gasteiger partial charge < -0.3 is 10.2 Å². The van der Waals surface area contributed by atoms with Gasteiger partial charge in [0.2, 0.25) is 11.9 Å². The van der Waals surface area contributed by atoms with Crippen LogP contribution in [0, 0.1) is 11.8 Å². The highest BCUT2D eigenvalue weighted by Gasteiger charge is 2.37. The minimum atomic E-state index is 0.180. The van der Waals surface area contributed by atoms with Gasteiger partial charge in [-0.1, -0.05) is 13.8 Å². The van der Waals surface area contributed by atoms with E-state index in [-0.39, 0.29) is 5.91 Å². The van der Waals surface area contributed by atoms with Crippen LogP contribution in [0.3, 0.4) is 0 Å². The average Bonchev–Trinajstić information content (AvgIpc) is 2.81. The van der Waals surface area contributed by atoms with Crippen molar-refractivity contribution in [1.82, 2.24) is 15.3 Å². The Kier molecular flexibility index (Phi) is 3.12. The topological polar surface area (TPSA) is 58.1 Å². The Balaban J connectivity index is 1.72. The Labute approximate surface area is 113 Å². The van der Waals surface area contributed by atoms with E-state index in [9.17, 15) is 4.79 Å². The van der Waals surface area contributed by atoms with E-state index in [0.29, 0.717) is 24.2 Å². The lowest BCUT2D eigenvalue weighted by Crippen LogP contribution is -2.39. The molecule has 19 heavy (non-hydrogen) atoms. The van der Waals surface area contributed by atoms with Crippen LogP contribution in [-0.4, -0.2) is 35.5 Å². The molecule has 2 saturated heterocycles. The van der Waals surface area contributed by atoms with E-state index < -0.39 is 0 Å². The number of rotatable bonds is 2. The summed E-state index contributed by atoms with van der Waals surface area (Å²) in [6.45, 7) is 6.93. The predicted molar refractivity (Wildman–Crippen MR) is 72.9 cm³/mol. The molecule has 3 heterocycles. The van der Waals surface area contributed by atoms with E-state index in [4.69, 9.17) is 0 Å². The summed E-state index contributed by atoms with van der Waals surface area (Å²) in [6.07, 6.45) is 4.47. The fraction of sp³-hybridized carbons (Fsp3) is 0.643. The van der Waals surface area contributed by atoms with Gasteiger partial charge in [0.25, 0.3) is 0 Å². The molecule has 0 spiro atoms. The van der Waals surface area contributed by atoms with Crippen LogP contribution in [0.25, 0.3) is 0 Å². The Bertz CT molecular complexity index is 471. The monoisotopic (exact) mass is 260 g/mol. The van der Waals surface area contributed by atoms with Gasteiger partial charge in [-0.2, -0.15) is 0 Å². The summed E-state index contributed by atoms with van der Waals surface area (Å²) < 4.78 is 0. The highest BCUT2D eigenvalue weighted by molar-refractivity contribution is 5.77. The van der Waals surface area contributed by atoms with E-state index >= 15 is 0 Å². The van der Waals surface area contributed by atoms with E-state index in [2.05, 4.69) is 34.0 Å². The van der Waals surface area contributed by atoms with Crippen molar-refractivity contribution >= 4 is 11.9 Å². The number of anilines is 1. The standard InChI is InChI=1S/C14H20N4O/c1-9(2)11-4-16-14(17-5-11)18-7-10-3-13(19)15-6-12(10)8-18/h4-5,9-10,12H,3,6-8H2,1-2H3,(H,15,19)/t10-,12+/m1/s1. The van der Waals surface area contributed by atoms with Crippen LogP contribution in [0.2, 0.25) is 0 Å². The molecule has 0 saturated carbocycles. The largest absolute Gasteiger partial charge is 0.356 e. The predicted octanol–water partition coefficient (Wildman–Crippen LogP) is 1.17. The second-order valence-corrected chi connectivity index (χ2v) is 5.90. The first-order valence-electron chi connectivity index (χ1n) is 6.97. The SMILES string of the molecule is CC(C)c1cnc(N2C[C@H]3CC(=O)NC[C@H]3C2)nc1. The molecule has 2 fully saturated rings. The van der Waals surface area contributed by atoms with Gasteiger partial charge in [0.1, 0.15) is 0 Å². The number of nitrogens with one attached hydrogen (secondary N) is 1. The summed E-state index contributed by atoms with van der Waals surface area (Å²) in [4.78, 5) is 22.6. The third kappa shape index (κ3) is 2.41. The molecule has 0 unspecified atom stereocenters. The highest BCUT2D eigenvalue weighted by atomic mass is 16.1. The Hall–Kier alpha value is -1.65. The first-order chi connectivity index (χ1) is 9.13. The molecule has 2 atom stereocenters. The number of carbonyl (C=O) groups is 1. The minimum Gasteiger partial charge on any atom is -0.356 e. The molecule has 0 radical (unpaired) electrons.